The van der Waals surface area contributed by atoms with Crippen molar-refractivity contribution in [1.29, 1.82) is 5.26 Å². The third-order valence-electron chi connectivity index (χ3n) is 4.64. The molecule has 3 heteroatoms. The van der Waals surface area contributed by atoms with E-state index in [0.29, 0.717) is 17.9 Å². The molecular formula is C25H19N3. The molecule has 1 aromatic heterocycles. The van der Waals surface area contributed by atoms with Crippen LogP contribution in [0.5, 0.6) is 0 Å². The number of rotatable bonds is 5. The van der Waals surface area contributed by atoms with Crippen LogP contribution >= 0.6 is 0 Å². The van der Waals surface area contributed by atoms with Crippen LogP contribution in [-0.4, -0.2) is 4.98 Å². The monoisotopic (exact) mass is 361 g/mol. The molecule has 0 aliphatic carbocycles. The smallest absolute Gasteiger partial charge is 0.144 e. The first kappa shape index (κ1) is 17.5. The zero-order valence-electron chi connectivity index (χ0n) is 15.3. The number of aromatic nitrogens is 1. The number of anilines is 1. The van der Waals surface area contributed by atoms with E-state index in [-0.39, 0.29) is 0 Å². The van der Waals surface area contributed by atoms with E-state index in [1.165, 1.54) is 0 Å². The van der Waals surface area contributed by atoms with Gasteiger partial charge in [-0.2, -0.15) is 5.26 Å². The Hall–Kier alpha value is -3.90. The number of hydrogen-bond acceptors (Lipinski definition) is 3. The number of nitriles is 1. The Balaban J connectivity index is 1.83. The summed E-state index contributed by atoms with van der Waals surface area (Å²) in [7, 11) is 0. The maximum absolute atomic E-state index is 10.00. The normalized spacial score (nSPS) is 10.2. The molecule has 0 bridgehead atoms. The van der Waals surface area contributed by atoms with Gasteiger partial charge < -0.3 is 5.32 Å². The predicted octanol–water partition coefficient (Wildman–Crippen LogP) is 5.90. The van der Waals surface area contributed by atoms with Crippen molar-refractivity contribution in [2.24, 2.45) is 0 Å². The molecule has 0 spiro atoms. The van der Waals surface area contributed by atoms with Gasteiger partial charge in [-0.05, 0) is 16.7 Å². The van der Waals surface area contributed by atoms with Crippen LogP contribution in [0.15, 0.2) is 97.2 Å². The van der Waals surface area contributed by atoms with Crippen molar-refractivity contribution in [1.82, 2.24) is 4.98 Å². The fraction of sp³-hybridized carbons (Fsp3) is 0.0400. The molecule has 1 N–H and O–H groups in total. The minimum absolute atomic E-state index is 0.559. The molecule has 28 heavy (non-hydrogen) atoms. The highest BCUT2D eigenvalue weighted by Gasteiger charge is 2.17. The second kappa shape index (κ2) is 8.20. The zero-order valence-corrected chi connectivity index (χ0v) is 15.3. The Morgan fingerprint density at radius 2 is 1.32 bits per heavy atom. The second-order valence-corrected chi connectivity index (χ2v) is 6.45. The van der Waals surface area contributed by atoms with Crippen LogP contribution in [0.25, 0.3) is 22.3 Å². The molecule has 134 valence electrons. The van der Waals surface area contributed by atoms with Crippen LogP contribution < -0.4 is 5.32 Å². The summed E-state index contributed by atoms with van der Waals surface area (Å²) in [6.07, 6.45) is 1.85. The van der Waals surface area contributed by atoms with Gasteiger partial charge in [0.15, 0.2) is 0 Å². The van der Waals surface area contributed by atoms with Crippen LogP contribution in [0.2, 0.25) is 0 Å². The molecule has 1 heterocycles. The molecule has 0 saturated heterocycles. The van der Waals surface area contributed by atoms with Gasteiger partial charge in [0.1, 0.15) is 17.5 Å². The molecule has 0 fully saturated rings. The highest BCUT2D eigenvalue weighted by molar-refractivity contribution is 5.89. The molecule has 0 aliphatic rings. The van der Waals surface area contributed by atoms with E-state index in [1.807, 2.05) is 85.1 Å². The number of nitrogens with zero attached hydrogens (tertiary/aromatic N) is 2. The van der Waals surface area contributed by atoms with E-state index in [1.54, 1.807) is 0 Å². The highest BCUT2D eigenvalue weighted by Crippen LogP contribution is 2.37. The number of benzene rings is 3. The quantitative estimate of drug-likeness (QED) is 0.481. The molecule has 4 rings (SSSR count). The lowest BCUT2D eigenvalue weighted by molar-refractivity contribution is 1.11. The van der Waals surface area contributed by atoms with Crippen molar-refractivity contribution in [2.45, 2.75) is 6.54 Å². The molecule has 0 aliphatic heterocycles. The molecule has 0 amide bonds. The Morgan fingerprint density at radius 1 is 0.750 bits per heavy atom. The van der Waals surface area contributed by atoms with E-state index >= 15 is 0 Å². The molecule has 3 aromatic carbocycles. The lowest BCUT2D eigenvalue weighted by Crippen LogP contribution is -2.05. The number of hydrogen-bond donors (Lipinski definition) is 1. The average Bonchev–Trinajstić information content (AvgIpc) is 2.79. The van der Waals surface area contributed by atoms with Gasteiger partial charge >= 0.3 is 0 Å². The van der Waals surface area contributed by atoms with Crippen LogP contribution in [0.1, 0.15) is 11.1 Å². The lowest BCUT2D eigenvalue weighted by atomic mass is 9.92. The SMILES string of the molecule is N#Cc1c(NCc2ccccc2)ncc(-c2ccccc2)c1-c1ccccc1. The summed E-state index contributed by atoms with van der Waals surface area (Å²) in [6.45, 7) is 0.613. The van der Waals surface area contributed by atoms with Gasteiger partial charge in [0.25, 0.3) is 0 Å². The summed E-state index contributed by atoms with van der Waals surface area (Å²) >= 11 is 0. The predicted molar refractivity (Wildman–Crippen MR) is 114 cm³/mol. The van der Waals surface area contributed by atoms with Gasteiger partial charge in [-0.25, -0.2) is 4.98 Å². The first-order valence-electron chi connectivity index (χ1n) is 9.18. The van der Waals surface area contributed by atoms with Gasteiger partial charge in [0.05, 0.1) is 0 Å². The van der Waals surface area contributed by atoms with Crippen molar-refractivity contribution < 1.29 is 0 Å². The van der Waals surface area contributed by atoms with Crippen molar-refractivity contribution in [3.63, 3.8) is 0 Å². The summed E-state index contributed by atoms with van der Waals surface area (Å²) in [5, 5.41) is 13.3. The van der Waals surface area contributed by atoms with Gasteiger partial charge in [0.2, 0.25) is 0 Å². The molecule has 0 saturated carbocycles. The third-order valence-corrected chi connectivity index (χ3v) is 4.64. The Bertz CT molecular complexity index is 1100. The zero-order chi connectivity index (χ0) is 19.2. The van der Waals surface area contributed by atoms with Crippen LogP contribution in [-0.2, 0) is 6.54 Å². The fourth-order valence-electron chi connectivity index (χ4n) is 3.28. The van der Waals surface area contributed by atoms with Crippen molar-refractivity contribution >= 4 is 5.82 Å². The first-order chi connectivity index (χ1) is 13.9. The summed E-state index contributed by atoms with van der Waals surface area (Å²) in [5.74, 6) is 0.602. The van der Waals surface area contributed by atoms with Crippen LogP contribution in [0.3, 0.4) is 0 Å². The topological polar surface area (TPSA) is 48.7 Å². The van der Waals surface area contributed by atoms with E-state index < -0.39 is 0 Å². The number of nitrogens with one attached hydrogen (secondary N) is 1. The highest BCUT2D eigenvalue weighted by atomic mass is 15.0. The van der Waals surface area contributed by atoms with Gasteiger partial charge in [0, 0.05) is 23.9 Å². The molecule has 3 nitrogen and oxygen atoms in total. The Kier molecular flexibility index (Phi) is 5.13. The van der Waals surface area contributed by atoms with E-state index in [2.05, 4.69) is 28.5 Å². The van der Waals surface area contributed by atoms with Gasteiger partial charge in [-0.1, -0.05) is 91.0 Å². The maximum Gasteiger partial charge on any atom is 0.144 e. The standard InChI is InChI=1S/C25H19N3/c26-16-22-24(21-14-8-3-9-15-21)23(20-12-6-2-7-13-20)18-28-25(22)27-17-19-10-4-1-5-11-19/h1-15,18H,17H2,(H,27,28). The number of pyridine rings is 1. The van der Waals surface area contributed by atoms with Crippen molar-refractivity contribution in [3.05, 3.63) is 108 Å². The average molecular weight is 361 g/mol. The van der Waals surface area contributed by atoms with Gasteiger partial charge in [-0.15, -0.1) is 0 Å². The Labute approximate surface area is 164 Å². The summed E-state index contributed by atoms with van der Waals surface area (Å²) in [4.78, 5) is 4.59. The van der Waals surface area contributed by atoms with Gasteiger partial charge in [-0.3, -0.25) is 0 Å². The summed E-state index contributed by atoms with van der Waals surface area (Å²) < 4.78 is 0. The minimum atomic E-state index is 0.559. The van der Waals surface area contributed by atoms with Crippen LogP contribution in [0, 0.1) is 11.3 Å². The lowest BCUT2D eigenvalue weighted by Gasteiger charge is -2.16. The Morgan fingerprint density at radius 3 is 1.93 bits per heavy atom. The van der Waals surface area contributed by atoms with Crippen molar-refractivity contribution in [3.8, 4) is 28.3 Å². The third kappa shape index (κ3) is 3.62. The summed E-state index contributed by atoms with van der Waals surface area (Å²) in [6, 6.07) is 32.6. The minimum Gasteiger partial charge on any atom is -0.365 e. The summed E-state index contributed by atoms with van der Waals surface area (Å²) in [5.41, 5.74) is 5.60. The fourth-order valence-corrected chi connectivity index (χ4v) is 3.28. The maximum atomic E-state index is 10.00. The van der Waals surface area contributed by atoms with E-state index in [9.17, 15) is 5.26 Å². The largest absolute Gasteiger partial charge is 0.365 e. The first-order valence-corrected chi connectivity index (χ1v) is 9.18. The second-order valence-electron chi connectivity index (χ2n) is 6.45. The van der Waals surface area contributed by atoms with E-state index in [4.69, 9.17) is 0 Å². The van der Waals surface area contributed by atoms with Crippen LogP contribution in [0.4, 0.5) is 5.82 Å². The van der Waals surface area contributed by atoms with E-state index in [0.717, 1.165) is 27.8 Å². The molecule has 0 unspecified atom stereocenters. The molecule has 0 radical (unpaired) electrons. The van der Waals surface area contributed by atoms with Crippen molar-refractivity contribution in [2.75, 3.05) is 5.32 Å². The molecule has 4 aromatic rings. The molecular weight excluding hydrogens is 342 g/mol. The molecule has 0 atom stereocenters.